The molecule has 0 atom stereocenters. The molecule has 1 aliphatic rings. The van der Waals surface area contributed by atoms with E-state index in [1.807, 2.05) is 0 Å². The number of aliphatic hydroxyl groups excluding tert-OH is 1. The lowest BCUT2D eigenvalue weighted by Crippen LogP contribution is -2.49. The van der Waals surface area contributed by atoms with E-state index in [0.717, 1.165) is 19.3 Å². The number of nitrogens with one attached hydrogen (secondary N) is 1. The molecule has 2 rings (SSSR count). The fourth-order valence-electron chi connectivity index (χ4n) is 2.20. The molecule has 1 heterocycles. The van der Waals surface area contributed by atoms with E-state index in [4.69, 9.17) is 14.3 Å². The van der Waals surface area contributed by atoms with Gasteiger partial charge in [-0.3, -0.25) is 0 Å². The largest absolute Gasteiger partial charge is 0.462 e. The number of aliphatic hydroxyl groups is 1. The third-order valence-electron chi connectivity index (χ3n) is 3.65. The Morgan fingerprint density at radius 3 is 2.63 bits per heavy atom. The number of sulfonamides is 1. The van der Waals surface area contributed by atoms with Crippen LogP contribution in [0.1, 0.15) is 30.8 Å². The second-order valence-corrected chi connectivity index (χ2v) is 6.59. The predicted molar refractivity (Wildman–Crippen MR) is 68.1 cm³/mol. The number of furan rings is 1. The topological polar surface area (TPSA) is 88.8 Å². The minimum Gasteiger partial charge on any atom is -0.462 e. The molecular weight excluding hydrogens is 270 g/mol. The lowest BCUT2D eigenvalue weighted by Gasteiger charge is -2.40. The first kappa shape index (κ1) is 14.5. The quantitative estimate of drug-likeness (QED) is 0.813. The first-order valence-electron chi connectivity index (χ1n) is 6.17. The lowest BCUT2D eigenvalue weighted by atomic mass is 9.80. The predicted octanol–water partition coefficient (Wildman–Crippen LogP) is 0.928. The van der Waals surface area contributed by atoms with E-state index < -0.39 is 10.0 Å². The normalized spacial score (nSPS) is 18.3. The molecule has 1 aromatic rings. The van der Waals surface area contributed by atoms with Crippen molar-refractivity contribution in [1.82, 2.24) is 4.72 Å². The summed E-state index contributed by atoms with van der Waals surface area (Å²) in [6.45, 7) is 1.49. The summed E-state index contributed by atoms with van der Waals surface area (Å²) in [7, 11) is -2.04. The Bertz CT molecular complexity index is 539. The second-order valence-electron chi connectivity index (χ2n) is 4.86. The van der Waals surface area contributed by atoms with Gasteiger partial charge in [0.25, 0.3) is 0 Å². The molecule has 1 aromatic heterocycles. The highest BCUT2D eigenvalue weighted by Gasteiger charge is 2.38. The number of aryl methyl sites for hydroxylation is 1. The van der Waals surface area contributed by atoms with Crippen molar-refractivity contribution in [1.29, 1.82) is 0 Å². The van der Waals surface area contributed by atoms with E-state index in [1.165, 1.54) is 6.07 Å². The molecule has 6 nitrogen and oxygen atoms in total. The van der Waals surface area contributed by atoms with Gasteiger partial charge in [0, 0.05) is 19.7 Å². The molecule has 0 aromatic carbocycles. The molecule has 2 N–H and O–H groups in total. The maximum Gasteiger partial charge on any atom is 0.244 e. The average molecular weight is 289 g/mol. The Morgan fingerprint density at radius 2 is 2.21 bits per heavy atom. The van der Waals surface area contributed by atoms with E-state index in [1.54, 1.807) is 14.0 Å². The van der Waals surface area contributed by atoms with Gasteiger partial charge >= 0.3 is 0 Å². The molecule has 108 valence electrons. The first-order chi connectivity index (χ1) is 8.92. The number of methoxy groups -OCH3 is 1. The van der Waals surface area contributed by atoms with Crippen molar-refractivity contribution in [2.75, 3.05) is 13.7 Å². The molecule has 0 aliphatic heterocycles. The van der Waals surface area contributed by atoms with Crippen molar-refractivity contribution in [3.05, 3.63) is 17.6 Å². The SMILES string of the molecule is COC1(CNS(=O)(=O)c2cc(CO)oc2C)CCC1. The van der Waals surface area contributed by atoms with Crippen LogP contribution in [0.25, 0.3) is 0 Å². The van der Waals surface area contributed by atoms with E-state index in [9.17, 15) is 8.42 Å². The Labute approximate surface area is 112 Å². The minimum atomic E-state index is -3.63. The maximum atomic E-state index is 12.2. The van der Waals surface area contributed by atoms with Crippen molar-refractivity contribution in [3.8, 4) is 0 Å². The van der Waals surface area contributed by atoms with Gasteiger partial charge in [0.05, 0.1) is 5.60 Å². The van der Waals surface area contributed by atoms with Crippen LogP contribution in [0, 0.1) is 6.92 Å². The van der Waals surface area contributed by atoms with Crippen LogP contribution >= 0.6 is 0 Å². The fraction of sp³-hybridized carbons (Fsp3) is 0.667. The molecule has 0 spiro atoms. The average Bonchev–Trinajstić information content (AvgIpc) is 2.70. The van der Waals surface area contributed by atoms with E-state index in [0.29, 0.717) is 0 Å². The molecule has 0 amide bonds. The molecule has 0 radical (unpaired) electrons. The monoisotopic (exact) mass is 289 g/mol. The molecule has 0 bridgehead atoms. The van der Waals surface area contributed by atoms with Crippen LogP contribution in [0.2, 0.25) is 0 Å². The van der Waals surface area contributed by atoms with Gasteiger partial charge in [-0.05, 0) is 26.2 Å². The summed E-state index contributed by atoms with van der Waals surface area (Å²) in [6, 6.07) is 1.35. The molecule has 7 heteroatoms. The Hall–Kier alpha value is -0.890. The highest BCUT2D eigenvalue weighted by atomic mass is 32.2. The van der Waals surface area contributed by atoms with Gasteiger partial charge in [0.1, 0.15) is 23.0 Å². The number of rotatable bonds is 6. The molecule has 0 unspecified atom stereocenters. The van der Waals surface area contributed by atoms with Gasteiger partial charge in [0.2, 0.25) is 10.0 Å². The molecule has 19 heavy (non-hydrogen) atoms. The number of hydrogen-bond donors (Lipinski definition) is 2. The maximum absolute atomic E-state index is 12.2. The summed E-state index contributed by atoms with van der Waals surface area (Å²) in [6.07, 6.45) is 2.77. The van der Waals surface area contributed by atoms with Crippen LogP contribution in [0.4, 0.5) is 0 Å². The van der Waals surface area contributed by atoms with Crippen molar-refractivity contribution < 1.29 is 22.7 Å². The molecule has 1 aliphatic carbocycles. The Kier molecular flexibility index (Phi) is 4.00. The van der Waals surface area contributed by atoms with Crippen LogP contribution < -0.4 is 4.72 Å². The van der Waals surface area contributed by atoms with E-state index in [2.05, 4.69) is 4.72 Å². The zero-order chi connectivity index (χ0) is 14.1. The first-order valence-corrected chi connectivity index (χ1v) is 7.66. The fourth-order valence-corrected chi connectivity index (χ4v) is 3.51. The summed E-state index contributed by atoms with van der Waals surface area (Å²) in [5.41, 5.74) is -0.371. The standard InChI is InChI=1S/C12H19NO5S/c1-9-11(6-10(7-14)18-9)19(15,16)13-8-12(17-2)4-3-5-12/h6,13-14H,3-5,7-8H2,1-2H3. The van der Waals surface area contributed by atoms with E-state index in [-0.39, 0.29) is 35.2 Å². The van der Waals surface area contributed by atoms with Crippen LogP contribution in [0.5, 0.6) is 0 Å². The summed E-state index contributed by atoms with van der Waals surface area (Å²) in [4.78, 5) is 0.0714. The summed E-state index contributed by atoms with van der Waals surface area (Å²) < 4.78 is 37.4. The van der Waals surface area contributed by atoms with E-state index >= 15 is 0 Å². The van der Waals surface area contributed by atoms with Gasteiger partial charge in [-0.2, -0.15) is 0 Å². The van der Waals surface area contributed by atoms with Gasteiger partial charge in [-0.1, -0.05) is 0 Å². The zero-order valence-electron chi connectivity index (χ0n) is 11.1. The van der Waals surface area contributed by atoms with Crippen LogP contribution in [0.3, 0.4) is 0 Å². The van der Waals surface area contributed by atoms with Gasteiger partial charge in [-0.25, -0.2) is 13.1 Å². The summed E-state index contributed by atoms with van der Waals surface area (Å²) >= 11 is 0. The third-order valence-corrected chi connectivity index (χ3v) is 5.16. The molecule has 1 fully saturated rings. The Morgan fingerprint density at radius 1 is 1.53 bits per heavy atom. The highest BCUT2D eigenvalue weighted by molar-refractivity contribution is 7.89. The summed E-state index contributed by atoms with van der Waals surface area (Å²) in [5.74, 6) is 0.514. The van der Waals surface area contributed by atoms with Crippen LogP contribution in [-0.4, -0.2) is 32.8 Å². The number of ether oxygens (including phenoxy) is 1. The van der Waals surface area contributed by atoms with Crippen LogP contribution in [0.15, 0.2) is 15.4 Å². The highest BCUT2D eigenvalue weighted by Crippen LogP contribution is 2.34. The number of hydrogen-bond acceptors (Lipinski definition) is 5. The van der Waals surface area contributed by atoms with Crippen molar-refractivity contribution >= 4 is 10.0 Å². The Balaban J connectivity index is 2.11. The van der Waals surface area contributed by atoms with Gasteiger partial charge in [-0.15, -0.1) is 0 Å². The lowest BCUT2D eigenvalue weighted by molar-refractivity contribution is -0.0659. The van der Waals surface area contributed by atoms with Crippen molar-refractivity contribution in [2.24, 2.45) is 0 Å². The van der Waals surface area contributed by atoms with Crippen molar-refractivity contribution in [2.45, 2.75) is 43.3 Å². The molecule has 0 saturated heterocycles. The summed E-state index contributed by atoms with van der Waals surface area (Å²) in [5, 5.41) is 8.96. The van der Waals surface area contributed by atoms with Crippen LogP contribution in [-0.2, 0) is 21.4 Å². The zero-order valence-corrected chi connectivity index (χ0v) is 11.9. The second kappa shape index (κ2) is 5.24. The molecular formula is C12H19NO5S. The third kappa shape index (κ3) is 2.84. The van der Waals surface area contributed by atoms with Gasteiger partial charge in [0.15, 0.2) is 0 Å². The molecule has 1 saturated carbocycles. The van der Waals surface area contributed by atoms with Crippen molar-refractivity contribution in [3.63, 3.8) is 0 Å². The smallest absolute Gasteiger partial charge is 0.244 e. The minimum absolute atomic E-state index is 0.0714. The van der Waals surface area contributed by atoms with Gasteiger partial charge < -0.3 is 14.3 Å².